The van der Waals surface area contributed by atoms with Gasteiger partial charge in [-0.05, 0) is 52.2 Å². The van der Waals surface area contributed by atoms with Crippen molar-refractivity contribution in [3.63, 3.8) is 0 Å². The minimum absolute atomic E-state index is 0.0238. The molecular formula is C19H29NO6S. The van der Waals surface area contributed by atoms with Crippen molar-refractivity contribution in [2.45, 2.75) is 62.9 Å². The predicted molar refractivity (Wildman–Crippen MR) is 101 cm³/mol. The Labute approximate surface area is 161 Å². The second kappa shape index (κ2) is 9.52. The first-order chi connectivity index (χ1) is 12.7. The molecule has 1 fully saturated rings. The number of carbonyl (C=O) groups is 1. The summed E-state index contributed by atoms with van der Waals surface area (Å²) in [7, 11) is -3.59. The third-order valence-electron chi connectivity index (χ3n) is 3.86. The Morgan fingerprint density at radius 3 is 2.56 bits per heavy atom. The number of hydrogen-bond donors (Lipinski definition) is 1. The molecule has 0 radical (unpaired) electrons. The van der Waals surface area contributed by atoms with Crippen LogP contribution in [0.1, 0.15) is 40.0 Å². The van der Waals surface area contributed by atoms with E-state index in [0.717, 1.165) is 19.3 Å². The van der Waals surface area contributed by atoms with Crippen LogP contribution in [0.25, 0.3) is 0 Å². The van der Waals surface area contributed by atoms with Crippen LogP contribution in [0.5, 0.6) is 0 Å². The molecule has 0 spiro atoms. The summed E-state index contributed by atoms with van der Waals surface area (Å²) < 4.78 is 41.8. The zero-order valence-corrected chi connectivity index (χ0v) is 17.0. The minimum Gasteiger partial charge on any atom is -0.444 e. The summed E-state index contributed by atoms with van der Waals surface area (Å²) in [4.78, 5) is 12.3. The SMILES string of the molecule is CC(C)(C)OC(=O)N[C@@H](COC1CCCCO1)CS(=O)(=O)c1ccccc1. The summed E-state index contributed by atoms with van der Waals surface area (Å²) in [5.41, 5.74) is -0.680. The van der Waals surface area contributed by atoms with Gasteiger partial charge in [-0.1, -0.05) is 18.2 Å². The fourth-order valence-corrected chi connectivity index (χ4v) is 4.13. The number of rotatable bonds is 7. The smallest absolute Gasteiger partial charge is 0.407 e. The largest absolute Gasteiger partial charge is 0.444 e. The Morgan fingerprint density at radius 2 is 1.96 bits per heavy atom. The van der Waals surface area contributed by atoms with Crippen molar-refractivity contribution >= 4 is 15.9 Å². The van der Waals surface area contributed by atoms with Crippen molar-refractivity contribution in [1.82, 2.24) is 5.32 Å². The Hall–Kier alpha value is -1.64. The zero-order valence-electron chi connectivity index (χ0n) is 16.1. The van der Waals surface area contributed by atoms with Crippen LogP contribution in [-0.2, 0) is 24.0 Å². The van der Waals surface area contributed by atoms with Crippen LogP contribution in [0.4, 0.5) is 4.79 Å². The van der Waals surface area contributed by atoms with Gasteiger partial charge in [-0.25, -0.2) is 13.2 Å². The number of amides is 1. The topological polar surface area (TPSA) is 90.9 Å². The van der Waals surface area contributed by atoms with Crippen molar-refractivity contribution in [1.29, 1.82) is 0 Å². The molecule has 1 heterocycles. The molecule has 1 aromatic carbocycles. The second-order valence-electron chi connectivity index (χ2n) is 7.57. The summed E-state index contributed by atoms with van der Waals surface area (Å²) in [6.45, 7) is 5.88. The van der Waals surface area contributed by atoms with Crippen LogP contribution >= 0.6 is 0 Å². The van der Waals surface area contributed by atoms with E-state index in [1.165, 1.54) is 12.1 Å². The fraction of sp³-hybridized carbons (Fsp3) is 0.632. The van der Waals surface area contributed by atoms with Crippen LogP contribution in [0.3, 0.4) is 0 Å². The molecule has 0 aromatic heterocycles. The van der Waals surface area contributed by atoms with E-state index in [9.17, 15) is 13.2 Å². The Bertz CT molecular complexity index is 693. The quantitative estimate of drug-likeness (QED) is 0.758. The monoisotopic (exact) mass is 399 g/mol. The molecule has 27 heavy (non-hydrogen) atoms. The molecule has 2 atom stereocenters. The van der Waals surface area contributed by atoms with Gasteiger partial charge in [0.1, 0.15) is 5.60 Å². The summed E-state index contributed by atoms with van der Waals surface area (Å²) in [6, 6.07) is 7.38. The standard InChI is InChI=1S/C19H29NO6S/c1-19(2,3)26-18(21)20-15(13-25-17-11-7-8-12-24-17)14-27(22,23)16-9-5-4-6-10-16/h4-6,9-10,15,17H,7-8,11-14H2,1-3H3,(H,20,21)/t15-,17?/m0/s1. The molecule has 8 heteroatoms. The molecule has 1 saturated heterocycles. The van der Waals surface area contributed by atoms with Gasteiger partial charge in [0, 0.05) is 6.61 Å². The van der Waals surface area contributed by atoms with Gasteiger partial charge in [-0.15, -0.1) is 0 Å². The van der Waals surface area contributed by atoms with Crippen LogP contribution in [-0.4, -0.2) is 51.4 Å². The maximum atomic E-state index is 12.7. The van der Waals surface area contributed by atoms with Gasteiger partial charge in [0.05, 0.1) is 23.3 Å². The summed E-state index contributed by atoms with van der Waals surface area (Å²) in [5.74, 6) is -0.289. The number of carbonyl (C=O) groups excluding carboxylic acids is 1. The van der Waals surface area contributed by atoms with E-state index in [1.54, 1.807) is 39.0 Å². The van der Waals surface area contributed by atoms with Crippen LogP contribution in [0, 0.1) is 0 Å². The molecule has 1 unspecified atom stereocenters. The average molecular weight is 400 g/mol. The van der Waals surface area contributed by atoms with Gasteiger partial charge in [-0.3, -0.25) is 0 Å². The van der Waals surface area contributed by atoms with E-state index in [-0.39, 0.29) is 23.5 Å². The molecule has 1 aliphatic heterocycles. The highest BCUT2D eigenvalue weighted by Gasteiger charge is 2.27. The molecule has 7 nitrogen and oxygen atoms in total. The molecular weight excluding hydrogens is 370 g/mol. The van der Waals surface area contributed by atoms with Gasteiger partial charge in [0.25, 0.3) is 0 Å². The van der Waals surface area contributed by atoms with E-state index in [0.29, 0.717) is 6.61 Å². The van der Waals surface area contributed by atoms with Crippen molar-refractivity contribution < 1.29 is 27.4 Å². The minimum atomic E-state index is -3.59. The van der Waals surface area contributed by atoms with E-state index in [2.05, 4.69) is 5.32 Å². The van der Waals surface area contributed by atoms with Gasteiger partial charge >= 0.3 is 6.09 Å². The highest BCUT2D eigenvalue weighted by Crippen LogP contribution is 2.16. The molecule has 1 N–H and O–H groups in total. The third-order valence-corrected chi connectivity index (χ3v) is 5.70. The van der Waals surface area contributed by atoms with E-state index in [1.807, 2.05) is 0 Å². The number of ether oxygens (including phenoxy) is 3. The normalized spacial score (nSPS) is 19.3. The Kier molecular flexibility index (Phi) is 7.64. The molecule has 152 valence electrons. The van der Waals surface area contributed by atoms with Crippen LogP contribution in [0.15, 0.2) is 35.2 Å². The molecule has 0 bridgehead atoms. The van der Waals surface area contributed by atoms with Crippen molar-refractivity contribution in [3.8, 4) is 0 Å². The second-order valence-corrected chi connectivity index (χ2v) is 9.60. The first kappa shape index (κ1) is 21.7. The maximum Gasteiger partial charge on any atom is 0.407 e. The number of sulfone groups is 1. The molecule has 1 amide bonds. The maximum absolute atomic E-state index is 12.7. The average Bonchev–Trinajstić information content (AvgIpc) is 2.59. The van der Waals surface area contributed by atoms with E-state index >= 15 is 0 Å². The van der Waals surface area contributed by atoms with Gasteiger partial charge < -0.3 is 19.5 Å². The lowest BCUT2D eigenvalue weighted by molar-refractivity contribution is -0.164. The first-order valence-corrected chi connectivity index (χ1v) is 10.8. The van der Waals surface area contributed by atoms with Crippen LogP contribution < -0.4 is 5.32 Å². The number of hydrogen-bond acceptors (Lipinski definition) is 6. The number of benzene rings is 1. The first-order valence-electron chi connectivity index (χ1n) is 9.16. The summed E-state index contributed by atoms with van der Waals surface area (Å²) >= 11 is 0. The lowest BCUT2D eigenvalue weighted by atomic mass is 10.2. The molecule has 1 aromatic rings. The highest BCUT2D eigenvalue weighted by atomic mass is 32.2. The Balaban J connectivity index is 2.04. The van der Waals surface area contributed by atoms with E-state index in [4.69, 9.17) is 14.2 Å². The van der Waals surface area contributed by atoms with Crippen molar-refractivity contribution in [3.05, 3.63) is 30.3 Å². The number of nitrogens with one attached hydrogen (secondary N) is 1. The third kappa shape index (κ3) is 7.86. The lowest BCUT2D eigenvalue weighted by Gasteiger charge is -2.27. The number of alkyl carbamates (subject to hydrolysis) is 1. The van der Waals surface area contributed by atoms with Crippen molar-refractivity contribution in [2.24, 2.45) is 0 Å². The molecule has 0 aliphatic carbocycles. The molecule has 2 rings (SSSR count). The summed E-state index contributed by atoms with van der Waals surface area (Å²) in [5, 5.41) is 2.62. The Morgan fingerprint density at radius 1 is 1.26 bits per heavy atom. The van der Waals surface area contributed by atoms with Crippen molar-refractivity contribution in [2.75, 3.05) is 19.0 Å². The highest BCUT2D eigenvalue weighted by molar-refractivity contribution is 7.91. The van der Waals surface area contributed by atoms with Gasteiger partial charge in [0.2, 0.25) is 0 Å². The van der Waals surface area contributed by atoms with E-state index < -0.39 is 27.6 Å². The molecule has 1 aliphatic rings. The van der Waals surface area contributed by atoms with Crippen LogP contribution in [0.2, 0.25) is 0 Å². The lowest BCUT2D eigenvalue weighted by Crippen LogP contribution is -2.46. The van der Waals surface area contributed by atoms with Gasteiger partial charge in [-0.2, -0.15) is 0 Å². The predicted octanol–water partition coefficient (Wildman–Crippen LogP) is 2.90. The molecule has 0 saturated carbocycles. The summed E-state index contributed by atoms with van der Waals surface area (Å²) in [6.07, 6.45) is 1.69. The van der Waals surface area contributed by atoms with Gasteiger partial charge in [0.15, 0.2) is 16.1 Å². The zero-order chi connectivity index (χ0) is 19.9. The fourth-order valence-electron chi connectivity index (χ4n) is 2.66.